The lowest BCUT2D eigenvalue weighted by Gasteiger charge is -2.09. The van der Waals surface area contributed by atoms with Gasteiger partial charge in [0.15, 0.2) is 0 Å². The highest BCUT2D eigenvalue weighted by Gasteiger charge is 2.29. The Bertz CT molecular complexity index is 802. The molecular formula is C20H21ClN4O. The number of amides is 1. The molecule has 134 valence electrons. The number of hydrazine groups is 1. The summed E-state index contributed by atoms with van der Waals surface area (Å²) in [6.45, 7) is 1.94. The fraction of sp³-hybridized carbons (Fsp3) is 0.200. The van der Waals surface area contributed by atoms with Crippen molar-refractivity contribution in [3.05, 3.63) is 76.3 Å². The number of allylic oxidation sites excluding steroid dienone is 1. The monoisotopic (exact) mass is 368 g/mol. The first-order valence-electron chi connectivity index (χ1n) is 8.44. The average Bonchev–Trinajstić information content (AvgIpc) is 3.13. The zero-order valence-electron chi connectivity index (χ0n) is 14.4. The van der Waals surface area contributed by atoms with Crippen molar-refractivity contribution in [3.8, 4) is 0 Å². The van der Waals surface area contributed by atoms with Gasteiger partial charge in [-0.2, -0.15) is 5.10 Å². The van der Waals surface area contributed by atoms with Gasteiger partial charge in [0, 0.05) is 11.1 Å². The molecule has 1 heterocycles. The lowest BCUT2D eigenvalue weighted by Crippen LogP contribution is -2.41. The van der Waals surface area contributed by atoms with Crippen LogP contribution in [0.25, 0.3) is 6.08 Å². The van der Waals surface area contributed by atoms with E-state index in [4.69, 9.17) is 11.6 Å². The van der Waals surface area contributed by atoms with E-state index in [0.29, 0.717) is 11.4 Å². The molecule has 0 aliphatic carbocycles. The topological polar surface area (TPSA) is 65.5 Å². The van der Waals surface area contributed by atoms with Crippen molar-refractivity contribution in [1.29, 1.82) is 0 Å². The molecule has 1 aliphatic heterocycles. The second-order valence-corrected chi connectivity index (χ2v) is 6.65. The number of benzene rings is 2. The minimum atomic E-state index is -0.341. The maximum atomic E-state index is 12.2. The standard InChI is InChI=1S/C20H21ClN4O/c1-14(11-15-5-3-2-4-6-15)13-22-25-20(26)19-12-18(23-24-19)16-7-9-17(21)10-8-16/h2-11,13,18-19,23-24H,12H2,1H3,(H,25,26)/b14-11-,22-13+. The number of nitrogens with one attached hydrogen (secondary N) is 3. The average molecular weight is 369 g/mol. The highest BCUT2D eigenvalue weighted by molar-refractivity contribution is 6.30. The smallest absolute Gasteiger partial charge is 0.258 e. The van der Waals surface area contributed by atoms with E-state index < -0.39 is 0 Å². The molecule has 0 aromatic heterocycles. The minimum Gasteiger partial charge on any atom is -0.271 e. The summed E-state index contributed by atoms with van der Waals surface area (Å²) in [5.74, 6) is -0.169. The molecule has 5 nitrogen and oxygen atoms in total. The fourth-order valence-electron chi connectivity index (χ4n) is 2.77. The molecule has 2 aromatic carbocycles. The van der Waals surface area contributed by atoms with Crippen LogP contribution in [0.5, 0.6) is 0 Å². The SMILES string of the molecule is CC(=C/c1ccccc1)/C=N/NC(=O)C1CC(c2ccc(Cl)cc2)NN1. The summed E-state index contributed by atoms with van der Waals surface area (Å²) in [4.78, 5) is 12.2. The Balaban J connectivity index is 1.51. The first-order chi connectivity index (χ1) is 12.6. The van der Waals surface area contributed by atoms with Gasteiger partial charge < -0.3 is 0 Å². The van der Waals surface area contributed by atoms with Crippen LogP contribution in [-0.2, 0) is 4.79 Å². The normalized spacial score (nSPS) is 20.5. The van der Waals surface area contributed by atoms with E-state index in [0.717, 1.165) is 16.7 Å². The number of rotatable bonds is 5. The quantitative estimate of drug-likeness (QED) is 0.559. The molecule has 2 aromatic rings. The van der Waals surface area contributed by atoms with Gasteiger partial charge >= 0.3 is 0 Å². The van der Waals surface area contributed by atoms with E-state index in [9.17, 15) is 4.79 Å². The molecule has 0 radical (unpaired) electrons. The third-order valence-electron chi connectivity index (χ3n) is 4.13. The summed E-state index contributed by atoms with van der Waals surface area (Å²) in [6.07, 6.45) is 4.29. The van der Waals surface area contributed by atoms with Gasteiger partial charge in [-0.25, -0.2) is 16.3 Å². The van der Waals surface area contributed by atoms with Crippen LogP contribution >= 0.6 is 11.6 Å². The van der Waals surface area contributed by atoms with Gasteiger partial charge in [-0.1, -0.05) is 60.1 Å². The lowest BCUT2D eigenvalue weighted by atomic mass is 10.0. The molecule has 6 heteroatoms. The Morgan fingerprint density at radius 3 is 2.62 bits per heavy atom. The van der Waals surface area contributed by atoms with Gasteiger partial charge in [0.1, 0.15) is 6.04 Å². The number of halogens is 1. The third-order valence-corrected chi connectivity index (χ3v) is 4.38. The molecule has 2 unspecified atom stereocenters. The minimum absolute atomic E-state index is 0.0618. The Hall–Kier alpha value is -2.47. The second-order valence-electron chi connectivity index (χ2n) is 6.21. The molecule has 0 saturated carbocycles. The van der Waals surface area contributed by atoms with Crippen molar-refractivity contribution in [3.63, 3.8) is 0 Å². The number of hydrogen-bond donors (Lipinski definition) is 3. The number of carbonyl (C=O) groups is 1. The zero-order chi connectivity index (χ0) is 18.4. The number of carbonyl (C=O) groups excluding carboxylic acids is 1. The van der Waals surface area contributed by atoms with Crippen LogP contribution < -0.4 is 16.3 Å². The second kappa shape index (κ2) is 8.76. The fourth-order valence-corrected chi connectivity index (χ4v) is 2.89. The van der Waals surface area contributed by atoms with Crippen molar-refractivity contribution in [2.45, 2.75) is 25.4 Å². The highest BCUT2D eigenvalue weighted by Crippen LogP contribution is 2.23. The van der Waals surface area contributed by atoms with Crippen LogP contribution in [0.3, 0.4) is 0 Å². The largest absolute Gasteiger partial charge is 0.271 e. The van der Waals surface area contributed by atoms with E-state index in [1.165, 1.54) is 0 Å². The summed E-state index contributed by atoms with van der Waals surface area (Å²) in [5, 5.41) is 4.74. The van der Waals surface area contributed by atoms with Crippen molar-refractivity contribution in [2.75, 3.05) is 0 Å². The molecular weight excluding hydrogens is 348 g/mol. The van der Waals surface area contributed by atoms with Crippen LogP contribution in [0.1, 0.15) is 30.5 Å². The first-order valence-corrected chi connectivity index (χ1v) is 8.82. The van der Waals surface area contributed by atoms with Crippen molar-refractivity contribution in [1.82, 2.24) is 16.3 Å². The van der Waals surface area contributed by atoms with Gasteiger partial charge in [-0.3, -0.25) is 4.79 Å². The van der Waals surface area contributed by atoms with Crippen LogP contribution in [0.2, 0.25) is 5.02 Å². The highest BCUT2D eigenvalue weighted by atomic mass is 35.5. The van der Waals surface area contributed by atoms with Gasteiger partial charge in [0.2, 0.25) is 0 Å². The number of hydrazone groups is 1. The summed E-state index contributed by atoms with van der Waals surface area (Å²) < 4.78 is 0. The number of hydrogen-bond acceptors (Lipinski definition) is 4. The Kier molecular flexibility index (Phi) is 6.17. The summed E-state index contributed by atoms with van der Waals surface area (Å²) >= 11 is 5.91. The van der Waals surface area contributed by atoms with Crippen molar-refractivity contribution >= 4 is 29.8 Å². The molecule has 1 fully saturated rings. The Morgan fingerprint density at radius 2 is 1.88 bits per heavy atom. The molecule has 0 bridgehead atoms. The third kappa shape index (κ3) is 5.02. The molecule has 3 rings (SSSR count). The maximum Gasteiger partial charge on any atom is 0.258 e. The van der Waals surface area contributed by atoms with Crippen molar-refractivity contribution in [2.24, 2.45) is 5.10 Å². The molecule has 0 spiro atoms. The predicted molar refractivity (Wildman–Crippen MR) is 106 cm³/mol. The Labute approximate surface area is 158 Å². The molecule has 1 saturated heterocycles. The van der Waals surface area contributed by atoms with Gasteiger partial charge in [-0.05, 0) is 42.2 Å². The Morgan fingerprint density at radius 1 is 1.15 bits per heavy atom. The summed E-state index contributed by atoms with van der Waals surface area (Å²) in [6, 6.07) is 17.3. The zero-order valence-corrected chi connectivity index (χ0v) is 15.2. The van der Waals surface area contributed by atoms with E-state index in [2.05, 4.69) is 21.4 Å². The summed E-state index contributed by atoms with van der Waals surface area (Å²) in [7, 11) is 0. The predicted octanol–water partition coefficient (Wildman–Crippen LogP) is 3.45. The van der Waals surface area contributed by atoms with E-state index in [1.807, 2.05) is 67.6 Å². The molecule has 1 amide bonds. The summed E-state index contributed by atoms with van der Waals surface area (Å²) in [5.41, 5.74) is 11.9. The van der Waals surface area contributed by atoms with E-state index in [-0.39, 0.29) is 18.0 Å². The molecule has 3 N–H and O–H groups in total. The van der Waals surface area contributed by atoms with Gasteiger partial charge in [-0.15, -0.1) is 0 Å². The van der Waals surface area contributed by atoms with Gasteiger partial charge in [0.25, 0.3) is 5.91 Å². The maximum absolute atomic E-state index is 12.2. The van der Waals surface area contributed by atoms with E-state index in [1.54, 1.807) is 6.21 Å². The molecule has 1 aliphatic rings. The van der Waals surface area contributed by atoms with Crippen LogP contribution in [0.4, 0.5) is 0 Å². The number of nitrogens with zero attached hydrogens (tertiary/aromatic N) is 1. The first kappa shape index (κ1) is 18.3. The lowest BCUT2D eigenvalue weighted by molar-refractivity contribution is -0.122. The van der Waals surface area contributed by atoms with Gasteiger partial charge in [0.05, 0.1) is 6.21 Å². The van der Waals surface area contributed by atoms with Crippen LogP contribution in [-0.4, -0.2) is 18.2 Å². The van der Waals surface area contributed by atoms with Crippen LogP contribution in [0, 0.1) is 0 Å². The molecule has 2 atom stereocenters. The van der Waals surface area contributed by atoms with Crippen LogP contribution in [0.15, 0.2) is 65.3 Å². The molecule has 26 heavy (non-hydrogen) atoms. The van der Waals surface area contributed by atoms with Crippen molar-refractivity contribution < 1.29 is 4.79 Å². The van der Waals surface area contributed by atoms with E-state index >= 15 is 0 Å².